The van der Waals surface area contributed by atoms with Gasteiger partial charge in [0.2, 0.25) is 0 Å². The first-order valence-corrected chi connectivity index (χ1v) is 7.90. The molecule has 2 aromatic carbocycles. The monoisotopic (exact) mass is 300 g/mol. The Morgan fingerprint density at radius 1 is 1.14 bits per heavy atom. The molecule has 2 aromatic rings. The number of benzene rings is 2. The Hall–Kier alpha value is -1.74. The SMILES string of the molecule is CCC(=O)Sc1ccccc1COc1ccc(C)cc1C. The van der Waals surface area contributed by atoms with E-state index in [1.54, 1.807) is 0 Å². The van der Waals surface area contributed by atoms with Gasteiger partial charge in [-0.3, -0.25) is 4.79 Å². The van der Waals surface area contributed by atoms with E-state index < -0.39 is 0 Å². The van der Waals surface area contributed by atoms with Crippen LogP contribution in [-0.2, 0) is 11.4 Å². The summed E-state index contributed by atoms with van der Waals surface area (Å²) in [5.41, 5.74) is 3.40. The van der Waals surface area contributed by atoms with E-state index in [1.807, 2.05) is 50.2 Å². The van der Waals surface area contributed by atoms with Gasteiger partial charge >= 0.3 is 0 Å². The van der Waals surface area contributed by atoms with Gasteiger partial charge in [0, 0.05) is 16.9 Å². The fourth-order valence-corrected chi connectivity index (χ4v) is 2.83. The first-order valence-electron chi connectivity index (χ1n) is 7.08. The lowest BCUT2D eigenvalue weighted by Crippen LogP contribution is -2.00. The van der Waals surface area contributed by atoms with Crippen molar-refractivity contribution in [1.82, 2.24) is 0 Å². The summed E-state index contributed by atoms with van der Waals surface area (Å²) in [6, 6.07) is 14.1. The van der Waals surface area contributed by atoms with Crippen LogP contribution in [0.25, 0.3) is 0 Å². The highest BCUT2D eigenvalue weighted by Crippen LogP contribution is 2.26. The van der Waals surface area contributed by atoms with Crippen LogP contribution in [0.2, 0.25) is 0 Å². The molecule has 0 aliphatic carbocycles. The Labute approximate surface area is 130 Å². The molecule has 0 radical (unpaired) electrons. The first-order chi connectivity index (χ1) is 10.1. The van der Waals surface area contributed by atoms with Crippen LogP contribution in [0, 0.1) is 13.8 Å². The zero-order valence-electron chi connectivity index (χ0n) is 12.7. The van der Waals surface area contributed by atoms with Crippen LogP contribution in [0.15, 0.2) is 47.4 Å². The molecule has 2 nitrogen and oxygen atoms in total. The molecule has 0 aliphatic heterocycles. The average molecular weight is 300 g/mol. The molecule has 0 saturated heterocycles. The fourth-order valence-electron chi connectivity index (χ4n) is 2.03. The highest BCUT2D eigenvalue weighted by Gasteiger charge is 2.08. The van der Waals surface area contributed by atoms with Crippen molar-refractivity contribution < 1.29 is 9.53 Å². The standard InChI is InChI=1S/C18H20O2S/c1-4-18(19)21-17-8-6-5-7-15(17)12-20-16-10-9-13(2)11-14(16)3/h5-11H,4,12H2,1-3H3. The number of hydrogen-bond donors (Lipinski definition) is 0. The van der Waals surface area contributed by atoms with E-state index in [2.05, 4.69) is 13.0 Å². The maximum atomic E-state index is 11.6. The van der Waals surface area contributed by atoms with E-state index in [0.717, 1.165) is 21.8 Å². The molecule has 0 amide bonds. The van der Waals surface area contributed by atoms with Crippen molar-refractivity contribution in [1.29, 1.82) is 0 Å². The second-order valence-electron chi connectivity index (χ2n) is 4.99. The minimum absolute atomic E-state index is 0.175. The quantitative estimate of drug-likeness (QED) is 0.734. The van der Waals surface area contributed by atoms with Crippen molar-refractivity contribution in [2.75, 3.05) is 0 Å². The van der Waals surface area contributed by atoms with E-state index in [4.69, 9.17) is 4.74 Å². The van der Waals surface area contributed by atoms with E-state index in [9.17, 15) is 4.79 Å². The third kappa shape index (κ3) is 4.36. The molecule has 0 bridgehead atoms. The number of thioether (sulfide) groups is 1. The number of carbonyl (C=O) groups is 1. The van der Waals surface area contributed by atoms with Gasteiger partial charge < -0.3 is 4.74 Å². The molecule has 2 rings (SSSR count). The van der Waals surface area contributed by atoms with Gasteiger partial charge in [-0.2, -0.15) is 0 Å². The van der Waals surface area contributed by atoms with Crippen LogP contribution in [0.1, 0.15) is 30.0 Å². The minimum Gasteiger partial charge on any atom is -0.489 e. The molecular formula is C18H20O2S. The third-order valence-corrected chi connectivity index (χ3v) is 4.33. The van der Waals surface area contributed by atoms with Crippen LogP contribution in [0.3, 0.4) is 0 Å². The van der Waals surface area contributed by atoms with Crippen LogP contribution in [0.4, 0.5) is 0 Å². The van der Waals surface area contributed by atoms with Crippen molar-refractivity contribution in [3.05, 3.63) is 59.2 Å². The topological polar surface area (TPSA) is 26.3 Å². The van der Waals surface area contributed by atoms with Crippen molar-refractivity contribution in [2.24, 2.45) is 0 Å². The number of ether oxygens (including phenoxy) is 1. The number of carbonyl (C=O) groups excluding carboxylic acids is 1. The predicted octanol–water partition coefficient (Wildman–Crippen LogP) is 4.91. The van der Waals surface area contributed by atoms with Crippen molar-refractivity contribution in [2.45, 2.75) is 38.7 Å². The second kappa shape index (κ2) is 7.32. The molecule has 110 valence electrons. The highest BCUT2D eigenvalue weighted by atomic mass is 32.2. The van der Waals surface area contributed by atoms with Gasteiger partial charge in [0.1, 0.15) is 12.4 Å². The van der Waals surface area contributed by atoms with Crippen LogP contribution in [0.5, 0.6) is 5.75 Å². The summed E-state index contributed by atoms with van der Waals surface area (Å²) < 4.78 is 5.91. The second-order valence-corrected chi connectivity index (χ2v) is 6.09. The smallest absolute Gasteiger partial charge is 0.193 e. The predicted molar refractivity (Wildman–Crippen MR) is 87.8 cm³/mol. The summed E-state index contributed by atoms with van der Waals surface area (Å²) in [7, 11) is 0. The van der Waals surface area contributed by atoms with E-state index in [-0.39, 0.29) is 5.12 Å². The van der Waals surface area contributed by atoms with Gasteiger partial charge in [-0.25, -0.2) is 0 Å². The van der Waals surface area contributed by atoms with Crippen molar-refractivity contribution in [3.63, 3.8) is 0 Å². The molecule has 21 heavy (non-hydrogen) atoms. The Balaban J connectivity index is 2.11. The van der Waals surface area contributed by atoms with Gasteiger partial charge in [-0.05, 0) is 31.5 Å². The average Bonchev–Trinajstić information content (AvgIpc) is 2.47. The molecule has 0 unspecified atom stereocenters. The lowest BCUT2D eigenvalue weighted by molar-refractivity contribution is -0.110. The maximum absolute atomic E-state index is 11.6. The molecule has 0 heterocycles. The summed E-state index contributed by atoms with van der Waals surface area (Å²) in [6.45, 7) is 6.47. The summed E-state index contributed by atoms with van der Waals surface area (Å²) >= 11 is 1.29. The molecule has 0 fully saturated rings. The summed E-state index contributed by atoms with van der Waals surface area (Å²) in [5, 5.41) is 0.175. The van der Waals surface area contributed by atoms with E-state index in [0.29, 0.717) is 13.0 Å². The molecule has 3 heteroatoms. The molecule has 0 atom stereocenters. The van der Waals surface area contributed by atoms with E-state index in [1.165, 1.54) is 17.3 Å². The molecular weight excluding hydrogens is 280 g/mol. The Morgan fingerprint density at radius 2 is 1.90 bits per heavy atom. The van der Waals surface area contributed by atoms with E-state index >= 15 is 0 Å². The molecule has 0 saturated carbocycles. The number of aryl methyl sites for hydroxylation is 2. The summed E-state index contributed by atoms with van der Waals surface area (Å²) in [4.78, 5) is 12.6. The number of rotatable bonds is 5. The van der Waals surface area contributed by atoms with Gasteiger partial charge in [0.15, 0.2) is 5.12 Å². The van der Waals surface area contributed by atoms with Gasteiger partial charge in [-0.15, -0.1) is 0 Å². The largest absolute Gasteiger partial charge is 0.489 e. The van der Waals surface area contributed by atoms with Gasteiger partial charge in [0.05, 0.1) is 0 Å². The Bertz CT molecular complexity index is 635. The third-order valence-electron chi connectivity index (χ3n) is 3.20. The normalized spacial score (nSPS) is 10.4. The Morgan fingerprint density at radius 3 is 2.62 bits per heavy atom. The molecule has 0 N–H and O–H groups in total. The fraction of sp³-hybridized carbons (Fsp3) is 0.278. The molecule has 0 aromatic heterocycles. The van der Waals surface area contributed by atoms with Gasteiger partial charge in [0.25, 0.3) is 0 Å². The minimum atomic E-state index is 0.175. The van der Waals surface area contributed by atoms with Crippen LogP contribution in [-0.4, -0.2) is 5.12 Å². The molecule has 0 aliphatic rings. The lowest BCUT2D eigenvalue weighted by atomic mass is 10.1. The Kier molecular flexibility index (Phi) is 5.45. The summed E-state index contributed by atoms with van der Waals surface area (Å²) in [6.07, 6.45) is 0.539. The van der Waals surface area contributed by atoms with Gasteiger partial charge in [-0.1, -0.05) is 54.6 Å². The number of hydrogen-bond acceptors (Lipinski definition) is 3. The zero-order valence-corrected chi connectivity index (χ0v) is 13.5. The maximum Gasteiger partial charge on any atom is 0.193 e. The first kappa shape index (κ1) is 15.6. The zero-order chi connectivity index (χ0) is 15.2. The lowest BCUT2D eigenvalue weighted by Gasteiger charge is -2.12. The summed E-state index contributed by atoms with van der Waals surface area (Å²) in [5.74, 6) is 0.891. The van der Waals surface area contributed by atoms with Crippen molar-refractivity contribution in [3.8, 4) is 5.75 Å². The molecule has 0 spiro atoms. The van der Waals surface area contributed by atoms with Crippen molar-refractivity contribution >= 4 is 16.9 Å². The van der Waals surface area contributed by atoms with Crippen LogP contribution < -0.4 is 4.74 Å². The van der Waals surface area contributed by atoms with Crippen LogP contribution >= 0.6 is 11.8 Å². The highest BCUT2D eigenvalue weighted by molar-refractivity contribution is 8.13.